The predicted molar refractivity (Wildman–Crippen MR) is 68.4 cm³/mol. The molecule has 0 unspecified atom stereocenters. The van der Waals surface area contributed by atoms with Crippen molar-refractivity contribution < 1.29 is 19.2 Å². The Morgan fingerprint density at radius 3 is 2.67 bits per heavy atom. The van der Waals surface area contributed by atoms with Crippen LogP contribution in [0.1, 0.15) is 21.7 Å². The third kappa shape index (κ3) is 3.18. The van der Waals surface area contributed by atoms with Crippen LogP contribution in [0.3, 0.4) is 0 Å². The third-order valence-corrected chi connectivity index (χ3v) is 2.52. The van der Waals surface area contributed by atoms with Gasteiger partial charge in [-0.1, -0.05) is 0 Å². The number of non-ortho nitro benzene ring substituents is 1. The first kappa shape index (κ1) is 14.1. The topological polar surface area (TPSA) is 138 Å². The molecule has 21 heavy (non-hydrogen) atoms. The van der Waals surface area contributed by atoms with E-state index in [4.69, 9.17) is 0 Å². The largest absolute Gasteiger partial charge is 0.359 e. The van der Waals surface area contributed by atoms with Gasteiger partial charge in [0.05, 0.1) is 16.3 Å². The zero-order valence-electron chi connectivity index (χ0n) is 10.7. The van der Waals surface area contributed by atoms with Crippen LogP contribution in [0.5, 0.6) is 0 Å². The van der Waals surface area contributed by atoms with E-state index in [9.17, 15) is 20.1 Å². The number of nitrogens with zero attached hydrogens (tertiary/aromatic N) is 4. The van der Waals surface area contributed by atoms with Gasteiger partial charge < -0.3 is 5.21 Å². The molecule has 1 heterocycles. The first-order chi connectivity index (χ1) is 9.99. The number of hydrazone groups is 1. The Morgan fingerprint density at radius 1 is 1.48 bits per heavy atom. The summed E-state index contributed by atoms with van der Waals surface area (Å²) in [5.41, 5.74) is 2.50. The van der Waals surface area contributed by atoms with Crippen molar-refractivity contribution >= 4 is 17.8 Å². The maximum Gasteiger partial charge on any atom is 0.322 e. The van der Waals surface area contributed by atoms with Gasteiger partial charge in [0.15, 0.2) is 0 Å². The van der Waals surface area contributed by atoms with Crippen molar-refractivity contribution in [1.82, 2.24) is 10.6 Å². The van der Waals surface area contributed by atoms with E-state index in [1.54, 1.807) is 0 Å². The molecule has 0 fully saturated rings. The Kier molecular flexibility index (Phi) is 3.88. The van der Waals surface area contributed by atoms with Crippen molar-refractivity contribution in [3.8, 4) is 0 Å². The van der Waals surface area contributed by atoms with Crippen molar-refractivity contribution in [3.63, 3.8) is 0 Å². The van der Waals surface area contributed by atoms with Gasteiger partial charge in [0.1, 0.15) is 0 Å². The lowest BCUT2D eigenvalue weighted by Gasteiger charge is -1.94. The first-order valence-corrected chi connectivity index (χ1v) is 5.63. The Labute approximate surface area is 117 Å². The zero-order valence-corrected chi connectivity index (χ0v) is 10.7. The average Bonchev–Trinajstić information content (AvgIpc) is 2.79. The van der Waals surface area contributed by atoms with E-state index in [1.807, 2.05) is 0 Å². The first-order valence-electron chi connectivity index (χ1n) is 5.63. The highest BCUT2D eigenvalue weighted by atomic mass is 16.8. The molecule has 0 aliphatic heterocycles. The summed E-state index contributed by atoms with van der Waals surface area (Å²) < 4.78 is 4.25. The van der Waals surface area contributed by atoms with Crippen molar-refractivity contribution in [2.45, 2.75) is 6.92 Å². The highest BCUT2D eigenvalue weighted by Crippen LogP contribution is 2.10. The molecule has 10 nitrogen and oxygen atoms in total. The summed E-state index contributed by atoms with van der Waals surface area (Å²) in [4.78, 5) is 21.7. The number of carbonyl (C=O) groups is 1. The van der Waals surface area contributed by atoms with Crippen LogP contribution in [0.4, 0.5) is 5.69 Å². The summed E-state index contributed by atoms with van der Waals surface area (Å²) in [6, 6.07) is 5.57. The van der Waals surface area contributed by atoms with Gasteiger partial charge in [-0.05, 0) is 22.6 Å². The quantitative estimate of drug-likeness (QED) is 0.372. The molecular weight excluding hydrogens is 282 g/mol. The van der Waals surface area contributed by atoms with Crippen LogP contribution in [0.15, 0.2) is 34.0 Å². The Morgan fingerprint density at radius 2 is 2.14 bits per heavy atom. The minimum atomic E-state index is -0.705. The third-order valence-electron chi connectivity index (χ3n) is 2.52. The SMILES string of the molecule is Cc1c(C(=O)N/N=C/c2ccc([N+](=O)[O-])cc2)no[n+]1[O-]. The van der Waals surface area contributed by atoms with Gasteiger partial charge in [-0.15, -0.1) is 0 Å². The maximum atomic E-state index is 11.6. The van der Waals surface area contributed by atoms with E-state index in [1.165, 1.54) is 37.4 Å². The molecule has 2 aromatic rings. The van der Waals surface area contributed by atoms with Gasteiger partial charge in [-0.2, -0.15) is 5.10 Å². The minimum absolute atomic E-state index is 0.0121. The summed E-state index contributed by atoms with van der Waals surface area (Å²) >= 11 is 0. The molecule has 0 bridgehead atoms. The van der Waals surface area contributed by atoms with E-state index < -0.39 is 10.8 Å². The molecule has 0 radical (unpaired) electrons. The molecule has 2 rings (SSSR count). The number of amides is 1. The lowest BCUT2D eigenvalue weighted by molar-refractivity contribution is -0.806. The number of benzene rings is 1. The minimum Gasteiger partial charge on any atom is -0.359 e. The molecule has 1 amide bonds. The van der Waals surface area contributed by atoms with Gasteiger partial charge in [-0.3, -0.25) is 19.5 Å². The molecule has 10 heteroatoms. The smallest absolute Gasteiger partial charge is 0.322 e. The van der Waals surface area contributed by atoms with Crippen LogP contribution < -0.4 is 10.3 Å². The number of hydrogen-bond acceptors (Lipinski definition) is 7. The van der Waals surface area contributed by atoms with Crippen LogP contribution in [-0.4, -0.2) is 22.2 Å². The fourth-order valence-electron chi connectivity index (χ4n) is 1.40. The fraction of sp³-hybridized carbons (Fsp3) is 0.0909. The van der Waals surface area contributed by atoms with E-state index in [-0.39, 0.29) is 22.0 Å². The number of aromatic nitrogens is 2. The standard InChI is InChI=1S/C11H9N5O5/c1-7-10(14-21-16(7)20)11(17)13-12-6-8-2-4-9(5-3-8)15(18)19/h2-6H,1H3,(H,13,17)/b12-6+. The molecule has 1 aromatic heterocycles. The van der Waals surface area contributed by atoms with Gasteiger partial charge in [0.25, 0.3) is 5.69 Å². The number of nitro groups is 1. The lowest BCUT2D eigenvalue weighted by atomic mass is 10.2. The molecule has 0 aliphatic rings. The fourth-order valence-corrected chi connectivity index (χ4v) is 1.40. The number of rotatable bonds is 4. The average molecular weight is 291 g/mol. The van der Waals surface area contributed by atoms with E-state index in [0.717, 1.165) is 0 Å². The number of hydrogen-bond donors (Lipinski definition) is 1. The predicted octanol–water partition coefficient (Wildman–Crippen LogP) is 0.289. The van der Waals surface area contributed by atoms with E-state index in [2.05, 4.69) is 20.3 Å². The van der Waals surface area contributed by atoms with Gasteiger partial charge in [0, 0.05) is 19.1 Å². The molecule has 108 valence electrons. The summed E-state index contributed by atoms with van der Waals surface area (Å²) in [6.07, 6.45) is 1.29. The lowest BCUT2D eigenvalue weighted by Crippen LogP contribution is -2.28. The summed E-state index contributed by atoms with van der Waals surface area (Å²) in [5.74, 6) is -0.705. The van der Waals surface area contributed by atoms with Crippen LogP contribution in [0.25, 0.3) is 0 Å². The number of nitro benzene ring substituents is 1. The van der Waals surface area contributed by atoms with Crippen molar-refractivity contribution in [3.05, 3.63) is 56.5 Å². The monoisotopic (exact) mass is 291 g/mol. The number of carbonyl (C=O) groups excluding carboxylic acids is 1. The summed E-state index contributed by atoms with van der Waals surface area (Å²) in [6.45, 7) is 1.37. The molecule has 0 aliphatic carbocycles. The maximum absolute atomic E-state index is 11.6. The molecule has 0 spiro atoms. The summed E-state index contributed by atoms with van der Waals surface area (Å²) in [7, 11) is 0. The van der Waals surface area contributed by atoms with Crippen molar-refractivity contribution in [2.75, 3.05) is 0 Å². The van der Waals surface area contributed by atoms with Gasteiger partial charge >= 0.3 is 11.6 Å². The van der Waals surface area contributed by atoms with E-state index in [0.29, 0.717) is 5.56 Å². The molecule has 0 atom stereocenters. The van der Waals surface area contributed by atoms with Crippen molar-refractivity contribution in [2.24, 2.45) is 5.10 Å². The molecule has 0 saturated carbocycles. The molecule has 1 N–H and O–H groups in total. The van der Waals surface area contributed by atoms with Crippen molar-refractivity contribution in [1.29, 1.82) is 0 Å². The Bertz CT molecular complexity index is 706. The highest BCUT2D eigenvalue weighted by Gasteiger charge is 2.22. The molecular formula is C11H9N5O5. The molecule has 1 aromatic carbocycles. The van der Waals surface area contributed by atoms with E-state index >= 15 is 0 Å². The highest BCUT2D eigenvalue weighted by molar-refractivity contribution is 5.93. The van der Waals surface area contributed by atoms with Crippen LogP contribution in [0.2, 0.25) is 0 Å². The zero-order chi connectivity index (χ0) is 15.4. The number of nitrogens with one attached hydrogen (secondary N) is 1. The summed E-state index contributed by atoms with van der Waals surface area (Å²) in [5, 5.41) is 28.4. The van der Waals surface area contributed by atoms with Gasteiger partial charge in [0.2, 0.25) is 5.69 Å². The van der Waals surface area contributed by atoms with Crippen LogP contribution in [-0.2, 0) is 0 Å². The van der Waals surface area contributed by atoms with Crippen LogP contribution >= 0.6 is 0 Å². The Balaban J connectivity index is 2.00. The molecule has 0 saturated heterocycles. The normalized spacial score (nSPS) is 10.7. The second kappa shape index (κ2) is 5.77. The second-order valence-electron chi connectivity index (χ2n) is 3.91. The van der Waals surface area contributed by atoms with Gasteiger partial charge in [-0.25, -0.2) is 5.43 Å². The van der Waals surface area contributed by atoms with Crippen LogP contribution in [0, 0.1) is 22.2 Å². The Hall–Kier alpha value is -3.30. The second-order valence-corrected chi connectivity index (χ2v) is 3.91.